The molecule has 4 aromatic rings. The number of benzene rings is 3. The first-order valence-electron chi connectivity index (χ1n) is 10.3. The van der Waals surface area contributed by atoms with Crippen molar-refractivity contribution >= 4 is 40.2 Å². The van der Waals surface area contributed by atoms with Gasteiger partial charge in [-0.2, -0.15) is 0 Å². The summed E-state index contributed by atoms with van der Waals surface area (Å²) in [5, 5.41) is 3.79. The summed E-state index contributed by atoms with van der Waals surface area (Å²) in [6.45, 7) is 0. The van der Waals surface area contributed by atoms with Gasteiger partial charge in [0, 0.05) is 12.2 Å². The molecule has 1 heterocycles. The van der Waals surface area contributed by atoms with E-state index in [1.54, 1.807) is 41.0 Å². The van der Waals surface area contributed by atoms with Gasteiger partial charge in [0.05, 0.1) is 35.0 Å². The number of para-hydroxylation sites is 3. The maximum absolute atomic E-state index is 13.2. The summed E-state index contributed by atoms with van der Waals surface area (Å²) < 4.78 is 6.33. The van der Waals surface area contributed by atoms with Crippen LogP contribution in [0.1, 0.15) is 16.8 Å². The fraction of sp³-hybridized carbons (Fsp3) is 0.120. The minimum Gasteiger partial charge on any atom is -0.465 e. The first-order chi connectivity index (χ1) is 16.1. The van der Waals surface area contributed by atoms with Gasteiger partial charge in [-0.1, -0.05) is 54.2 Å². The van der Waals surface area contributed by atoms with E-state index in [1.165, 1.54) is 18.9 Å². The smallest absolute Gasteiger partial charge is 0.339 e. The molecule has 1 N–H and O–H groups in total. The number of anilines is 1. The van der Waals surface area contributed by atoms with Crippen LogP contribution in [0, 0.1) is 0 Å². The van der Waals surface area contributed by atoms with Crippen LogP contribution < -0.4 is 10.9 Å². The molecule has 4 rings (SSSR count). The quantitative estimate of drug-likeness (QED) is 0.252. The summed E-state index contributed by atoms with van der Waals surface area (Å²) >= 11 is 1.32. The van der Waals surface area contributed by atoms with Crippen molar-refractivity contribution in [3.63, 3.8) is 0 Å². The number of hydrogen-bond donors (Lipinski definition) is 1. The fourth-order valence-electron chi connectivity index (χ4n) is 3.34. The highest BCUT2D eigenvalue weighted by molar-refractivity contribution is 7.99. The maximum Gasteiger partial charge on any atom is 0.339 e. The zero-order chi connectivity index (χ0) is 23.2. The number of rotatable bonds is 7. The number of hydrogen-bond acceptors (Lipinski definition) is 6. The molecule has 0 aliphatic rings. The number of carbonyl (C=O) groups is 2. The van der Waals surface area contributed by atoms with Gasteiger partial charge in [0.15, 0.2) is 5.16 Å². The van der Waals surface area contributed by atoms with Crippen molar-refractivity contribution in [1.82, 2.24) is 9.55 Å². The van der Waals surface area contributed by atoms with Crippen molar-refractivity contribution in [2.24, 2.45) is 0 Å². The Kier molecular flexibility index (Phi) is 6.85. The standard InChI is InChI=1S/C25H21N3O4S/c1-32-24(31)19-12-6-8-14-21(19)26-22(29)15-16-33-25-27-20-13-7-5-11-18(20)23(30)28(25)17-9-3-2-4-10-17/h2-14H,15-16H2,1H3,(H,26,29). The Morgan fingerprint density at radius 2 is 1.67 bits per heavy atom. The Morgan fingerprint density at radius 1 is 0.970 bits per heavy atom. The van der Waals surface area contributed by atoms with Crippen LogP contribution in [-0.4, -0.2) is 34.3 Å². The minimum absolute atomic E-state index is 0.161. The molecule has 8 heteroatoms. The molecule has 0 radical (unpaired) electrons. The molecule has 0 unspecified atom stereocenters. The second-order valence-electron chi connectivity index (χ2n) is 7.07. The summed E-state index contributed by atoms with van der Waals surface area (Å²) in [6, 6.07) is 23.2. The number of nitrogens with zero attached hydrogens (tertiary/aromatic N) is 2. The van der Waals surface area contributed by atoms with E-state index in [-0.39, 0.29) is 23.5 Å². The molecule has 3 aromatic carbocycles. The van der Waals surface area contributed by atoms with Crippen LogP contribution in [0.15, 0.2) is 88.8 Å². The Balaban J connectivity index is 1.54. The zero-order valence-corrected chi connectivity index (χ0v) is 18.7. The number of thioether (sulfide) groups is 1. The van der Waals surface area contributed by atoms with Crippen molar-refractivity contribution < 1.29 is 14.3 Å². The molecule has 1 amide bonds. The molecule has 0 atom stereocenters. The van der Waals surface area contributed by atoms with Gasteiger partial charge in [0.1, 0.15) is 0 Å². The number of carbonyl (C=O) groups excluding carboxylic acids is 2. The summed E-state index contributed by atoms with van der Waals surface area (Å²) in [7, 11) is 1.29. The largest absolute Gasteiger partial charge is 0.465 e. The Labute approximate surface area is 194 Å². The van der Waals surface area contributed by atoms with Crippen molar-refractivity contribution in [3.05, 3.63) is 94.8 Å². The molecule has 1 aromatic heterocycles. The highest BCUT2D eigenvalue weighted by Crippen LogP contribution is 2.22. The second kappa shape index (κ2) is 10.1. The number of esters is 1. The molecular formula is C25H21N3O4S. The average molecular weight is 460 g/mol. The highest BCUT2D eigenvalue weighted by Gasteiger charge is 2.15. The van der Waals surface area contributed by atoms with Crippen molar-refractivity contribution in [3.8, 4) is 5.69 Å². The summed E-state index contributed by atoms with van der Waals surface area (Å²) in [5.41, 5.74) is 1.83. The number of ether oxygens (including phenoxy) is 1. The normalized spacial score (nSPS) is 10.7. The maximum atomic E-state index is 13.2. The topological polar surface area (TPSA) is 90.3 Å². The Morgan fingerprint density at radius 3 is 2.45 bits per heavy atom. The number of amides is 1. The lowest BCUT2D eigenvalue weighted by molar-refractivity contribution is -0.115. The van der Waals surface area contributed by atoms with Crippen LogP contribution in [0.2, 0.25) is 0 Å². The van der Waals surface area contributed by atoms with Gasteiger partial charge < -0.3 is 10.1 Å². The van der Waals surface area contributed by atoms with E-state index in [0.29, 0.717) is 33.2 Å². The van der Waals surface area contributed by atoms with Crippen molar-refractivity contribution in [2.75, 3.05) is 18.2 Å². The minimum atomic E-state index is -0.521. The molecule has 166 valence electrons. The van der Waals surface area contributed by atoms with Crippen LogP contribution in [-0.2, 0) is 9.53 Å². The molecule has 33 heavy (non-hydrogen) atoms. The lowest BCUT2D eigenvalue weighted by Crippen LogP contribution is -2.22. The van der Waals surface area contributed by atoms with Crippen LogP contribution >= 0.6 is 11.8 Å². The van der Waals surface area contributed by atoms with Gasteiger partial charge in [-0.05, 0) is 36.4 Å². The number of fused-ring (bicyclic) bond motifs is 1. The van der Waals surface area contributed by atoms with Gasteiger partial charge in [0.2, 0.25) is 5.91 Å². The molecule has 0 aliphatic carbocycles. The third kappa shape index (κ3) is 4.96. The average Bonchev–Trinajstić information content (AvgIpc) is 2.84. The van der Waals surface area contributed by atoms with Crippen molar-refractivity contribution in [2.45, 2.75) is 11.6 Å². The van der Waals surface area contributed by atoms with E-state index >= 15 is 0 Å². The molecule has 0 fully saturated rings. The van der Waals surface area contributed by atoms with Gasteiger partial charge in [0.25, 0.3) is 5.56 Å². The first-order valence-corrected chi connectivity index (χ1v) is 11.2. The second-order valence-corrected chi connectivity index (χ2v) is 8.13. The Bertz CT molecular complexity index is 1370. The molecule has 0 saturated heterocycles. The molecule has 0 aliphatic heterocycles. The van der Waals surface area contributed by atoms with E-state index in [1.807, 2.05) is 42.5 Å². The first kappa shape index (κ1) is 22.3. The highest BCUT2D eigenvalue weighted by atomic mass is 32.2. The number of methoxy groups -OCH3 is 1. The van der Waals surface area contributed by atoms with Gasteiger partial charge in [-0.15, -0.1) is 0 Å². The third-order valence-corrected chi connectivity index (χ3v) is 5.87. The predicted molar refractivity (Wildman–Crippen MR) is 129 cm³/mol. The molecule has 0 bridgehead atoms. The van der Waals surface area contributed by atoms with E-state index in [0.717, 1.165) is 0 Å². The summed E-state index contributed by atoms with van der Waals surface area (Å²) in [4.78, 5) is 42.3. The van der Waals surface area contributed by atoms with Crippen LogP contribution in [0.4, 0.5) is 5.69 Å². The Hall–Kier alpha value is -3.91. The molecule has 7 nitrogen and oxygen atoms in total. The molecule has 0 spiro atoms. The van der Waals surface area contributed by atoms with Gasteiger partial charge in [-0.3, -0.25) is 14.2 Å². The van der Waals surface area contributed by atoms with Gasteiger partial charge >= 0.3 is 5.97 Å². The van der Waals surface area contributed by atoms with Crippen LogP contribution in [0.5, 0.6) is 0 Å². The number of nitrogens with one attached hydrogen (secondary N) is 1. The predicted octanol–water partition coefficient (Wildman–Crippen LogP) is 4.29. The summed E-state index contributed by atoms with van der Waals surface area (Å²) in [5.74, 6) is -0.384. The van der Waals surface area contributed by atoms with Crippen LogP contribution in [0.25, 0.3) is 16.6 Å². The van der Waals surface area contributed by atoms with E-state index < -0.39 is 5.97 Å². The number of aromatic nitrogens is 2. The lowest BCUT2D eigenvalue weighted by Gasteiger charge is -2.13. The van der Waals surface area contributed by atoms with E-state index in [2.05, 4.69) is 10.3 Å². The molecular weight excluding hydrogens is 438 g/mol. The third-order valence-electron chi connectivity index (χ3n) is 4.93. The van der Waals surface area contributed by atoms with E-state index in [4.69, 9.17) is 4.74 Å². The van der Waals surface area contributed by atoms with E-state index in [9.17, 15) is 14.4 Å². The van der Waals surface area contributed by atoms with Crippen LogP contribution in [0.3, 0.4) is 0 Å². The molecule has 0 saturated carbocycles. The SMILES string of the molecule is COC(=O)c1ccccc1NC(=O)CCSc1nc2ccccc2c(=O)n1-c1ccccc1. The monoisotopic (exact) mass is 459 g/mol. The summed E-state index contributed by atoms with van der Waals surface area (Å²) in [6.07, 6.45) is 0.164. The zero-order valence-electron chi connectivity index (χ0n) is 17.9. The van der Waals surface area contributed by atoms with Gasteiger partial charge in [-0.25, -0.2) is 9.78 Å². The fourth-order valence-corrected chi connectivity index (χ4v) is 4.29. The lowest BCUT2D eigenvalue weighted by atomic mass is 10.2. The van der Waals surface area contributed by atoms with Crippen molar-refractivity contribution in [1.29, 1.82) is 0 Å².